The lowest BCUT2D eigenvalue weighted by molar-refractivity contribution is -0.123. The first kappa shape index (κ1) is 13.9. The van der Waals surface area contributed by atoms with Gasteiger partial charge in [0, 0.05) is 12.6 Å². The molecule has 0 aliphatic carbocycles. The van der Waals surface area contributed by atoms with Crippen LogP contribution in [-0.4, -0.2) is 25.0 Å². The highest BCUT2D eigenvalue weighted by Crippen LogP contribution is 2.29. The zero-order valence-electron chi connectivity index (χ0n) is 10.9. The first-order chi connectivity index (χ1) is 9.11. The highest BCUT2D eigenvalue weighted by atomic mass is 19.1. The molecule has 5 heteroatoms. The summed E-state index contributed by atoms with van der Waals surface area (Å²) in [4.78, 5) is 11.8. The number of hydrogen-bond donors (Lipinski definition) is 2. The van der Waals surface area contributed by atoms with E-state index in [2.05, 4.69) is 10.6 Å². The summed E-state index contributed by atoms with van der Waals surface area (Å²) < 4.78 is 26.7. The molecule has 1 heterocycles. The van der Waals surface area contributed by atoms with E-state index in [0.717, 1.165) is 12.5 Å². The van der Waals surface area contributed by atoms with E-state index in [4.69, 9.17) is 0 Å². The Morgan fingerprint density at radius 3 is 2.95 bits per heavy atom. The average molecular weight is 268 g/mol. The Morgan fingerprint density at radius 2 is 2.26 bits per heavy atom. The van der Waals surface area contributed by atoms with Gasteiger partial charge in [-0.3, -0.25) is 4.79 Å². The second kappa shape index (κ2) is 6.10. The maximum Gasteiger partial charge on any atom is 0.237 e. The number of halogens is 2. The number of carbonyl (C=O) groups excluding carboxylic acids is 1. The summed E-state index contributed by atoms with van der Waals surface area (Å²) in [5, 5.41) is 5.88. The molecular weight excluding hydrogens is 250 g/mol. The van der Waals surface area contributed by atoms with Gasteiger partial charge in [0.25, 0.3) is 0 Å². The Labute approximate surface area is 111 Å². The third-order valence-electron chi connectivity index (χ3n) is 3.47. The highest BCUT2D eigenvalue weighted by molar-refractivity contribution is 5.81. The van der Waals surface area contributed by atoms with Crippen molar-refractivity contribution in [1.29, 1.82) is 0 Å². The summed E-state index contributed by atoms with van der Waals surface area (Å²) in [6, 6.07) is 3.35. The van der Waals surface area contributed by atoms with E-state index >= 15 is 0 Å². The minimum absolute atomic E-state index is 0.0468. The van der Waals surface area contributed by atoms with Gasteiger partial charge < -0.3 is 10.6 Å². The molecule has 2 rings (SSSR count). The lowest BCUT2D eigenvalue weighted by Gasteiger charge is -2.30. The zero-order chi connectivity index (χ0) is 13.8. The molecular formula is C14H18F2N2O. The Morgan fingerprint density at radius 1 is 1.47 bits per heavy atom. The summed E-state index contributed by atoms with van der Waals surface area (Å²) >= 11 is 0. The standard InChI is InChI=1S/C14H18F2N2O/c1-2-17-14(19)13-7-9(5-6-18-13)11-4-3-10(15)8-12(11)16/h3-4,8-9,13,18H,2,5-7H2,1H3,(H,17,19). The molecule has 1 aliphatic rings. The van der Waals surface area contributed by atoms with Crippen LogP contribution in [0.1, 0.15) is 31.2 Å². The van der Waals surface area contributed by atoms with Gasteiger partial charge in [-0.1, -0.05) is 6.07 Å². The van der Waals surface area contributed by atoms with Crippen molar-refractivity contribution in [3.05, 3.63) is 35.4 Å². The number of benzene rings is 1. The molecule has 1 fully saturated rings. The van der Waals surface area contributed by atoms with Gasteiger partial charge in [0.1, 0.15) is 11.6 Å². The number of nitrogens with one attached hydrogen (secondary N) is 2. The van der Waals surface area contributed by atoms with Crippen molar-refractivity contribution in [2.24, 2.45) is 0 Å². The topological polar surface area (TPSA) is 41.1 Å². The number of piperidine rings is 1. The summed E-state index contributed by atoms with van der Waals surface area (Å²) in [5.74, 6) is -1.21. The minimum Gasteiger partial charge on any atom is -0.355 e. The van der Waals surface area contributed by atoms with Crippen LogP contribution in [0.25, 0.3) is 0 Å². The second-order valence-corrected chi connectivity index (χ2v) is 4.79. The van der Waals surface area contributed by atoms with Crippen LogP contribution >= 0.6 is 0 Å². The van der Waals surface area contributed by atoms with E-state index in [1.807, 2.05) is 6.92 Å². The molecule has 1 aromatic rings. The van der Waals surface area contributed by atoms with Gasteiger partial charge in [-0.2, -0.15) is 0 Å². The molecule has 0 saturated carbocycles. The van der Waals surface area contributed by atoms with Crippen LogP contribution in [0.5, 0.6) is 0 Å². The van der Waals surface area contributed by atoms with Gasteiger partial charge >= 0.3 is 0 Å². The minimum atomic E-state index is -0.574. The maximum absolute atomic E-state index is 13.8. The molecule has 0 bridgehead atoms. The van der Waals surface area contributed by atoms with Crippen molar-refractivity contribution >= 4 is 5.91 Å². The Kier molecular flexibility index (Phi) is 4.47. The number of likely N-dealkylation sites (N-methyl/N-ethyl adjacent to an activating group) is 1. The van der Waals surface area contributed by atoms with Gasteiger partial charge in [0.15, 0.2) is 0 Å². The molecule has 3 nitrogen and oxygen atoms in total. The van der Waals surface area contributed by atoms with Gasteiger partial charge in [-0.25, -0.2) is 8.78 Å². The van der Waals surface area contributed by atoms with E-state index in [9.17, 15) is 13.6 Å². The van der Waals surface area contributed by atoms with Gasteiger partial charge in [0.2, 0.25) is 5.91 Å². The van der Waals surface area contributed by atoms with E-state index < -0.39 is 11.6 Å². The van der Waals surface area contributed by atoms with E-state index in [1.54, 1.807) is 0 Å². The van der Waals surface area contributed by atoms with Crippen molar-refractivity contribution in [2.75, 3.05) is 13.1 Å². The maximum atomic E-state index is 13.8. The molecule has 0 radical (unpaired) electrons. The molecule has 1 saturated heterocycles. The summed E-state index contributed by atoms with van der Waals surface area (Å²) in [5.41, 5.74) is 0.497. The fourth-order valence-corrected chi connectivity index (χ4v) is 2.53. The number of amides is 1. The Bertz CT molecular complexity index is 465. The summed E-state index contributed by atoms with van der Waals surface area (Å²) in [6.07, 6.45) is 1.28. The molecule has 2 N–H and O–H groups in total. The Hall–Kier alpha value is -1.49. The average Bonchev–Trinajstić information content (AvgIpc) is 2.39. The molecule has 2 atom stereocenters. The molecule has 1 aliphatic heterocycles. The number of rotatable bonds is 3. The first-order valence-electron chi connectivity index (χ1n) is 6.58. The van der Waals surface area contributed by atoms with E-state index in [1.165, 1.54) is 12.1 Å². The first-order valence-corrected chi connectivity index (χ1v) is 6.58. The SMILES string of the molecule is CCNC(=O)C1CC(c2ccc(F)cc2F)CCN1. The molecule has 0 spiro atoms. The van der Waals surface area contributed by atoms with Gasteiger partial charge in [0.05, 0.1) is 6.04 Å². The van der Waals surface area contributed by atoms with Crippen LogP contribution in [0.2, 0.25) is 0 Å². The third-order valence-corrected chi connectivity index (χ3v) is 3.47. The predicted molar refractivity (Wildman–Crippen MR) is 68.8 cm³/mol. The molecule has 1 amide bonds. The van der Waals surface area contributed by atoms with Crippen LogP contribution in [0.15, 0.2) is 18.2 Å². The van der Waals surface area contributed by atoms with Gasteiger partial charge in [-0.05, 0) is 43.9 Å². The third kappa shape index (κ3) is 3.29. The van der Waals surface area contributed by atoms with Crippen molar-refractivity contribution in [3.8, 4) is 0 Å². The smallest absolute Gasteiger partial charge is 0.237 e. The lowest BCUT2D eigenvalue weighted by Crippen LogP contribution is -2.48. The number of carbonyl (C=O) groups is 1. The molecule has 2 unspecified atom stereocenters. The Balaban J connectivity index is 2.10. The molecule has 19 heavy (non-hydrogen) atoms. The van der Waals surface area contributed by atoms with Crippen molar-refractivity contribution in [3.63, 3.8) is 0 Å². The second-order valence-electron chi connectivity index (χ2n) is 4.79. The quantitative estimate of drug-likeness (QED) is 0.879. The van der Waals surface area contributed by atoms with E-state index in [0.29, 0.717) is 25.1 Å². The molecule has 1 aromatic carbocycles. The lowest BCUT2D eigenvalue weighted by atomic mass is 9.86. The molecule has 0 aromatic heterocycles. The highest BCUT2D eigenvalue weighted by Gasteiger charge is 2.28. The monoisotopic (exact) mass is 268 g/mol. The van der Waals surface area contributed by atoms with Crippen molar-refractivity contribution in [1.82, 2.24) is 10.6 Å². The van der Waals surface area contributed by atoms with Crippen molar-refractivity contribution in [2.45, 2.75) is 31.7 Å². The van der Waals surface area contributed by atoms with Crippen LogP contribution in [-0.2, 0) is 4.79 Å². The van der Waals surface area contributed by atoms with Crippen LogP contribution < -0.4 is 10.6 Å². The van der Waals surface area contributed by atoms with Crippen molar-refractivity contribution < 1.29 is 13.6 Å². The zero-order valence-corrected chi connectivity index (χ0v) is 10.9. The van der Waals surface area contributed by atoms with Gasteiger partial charge in [-0.15, -0.1) is 0 Å². The fraction of sp³-hybridized carbons (Fsp3) is 0.500. The fourth-order valence-electron chi connectivity index (χ4n) is 2.53. The molecule has 104 valence electrons. The summed E-state index contributed by atoms with van der Waals surface area (Å²) in [7, 11) is 0. The predicted octanol–water partition coefficient (Wildman–Crippen LogP) is 1.94. The van der Waals surface area contributed by atoms with Crippen LogP contribution in [0, 0.1) is 11.6 Å². The summed E-state index contributed by atoms with van der Waals surface area (Å²) in [6.45, 7) is 3.09. The van der Waals surface area contributed by atoms with E-state index in [-0.39, 0.29) is 17.9 Å². The van der Waals surface area contributed by atoms with Crippen LogP contribution in [0.4, 0.5) is 8.78 Å². The largest absolute Gasteiger partial charge is 0.355 e. The van der Waals surface area contributed by atoms with Crippen LogP contribution in [0.3, 0.4) is 0 Å². The normalized spacial score (nSPS) is 23.1. The number of hydrogen-bond acceptors (Lipinski definition) is 2.